The van der Waals surface area contributed by atoms with E-state index < -0.39 is 0 Å². The molecule has 3 fully saturated rings. The number of hydrogen-bond acceptors (Lipinski definition) is 4. The first-order valence-corrected chi connectivity index (χ1v) is 11.9. The van der Waals surface area contributed by atoms with Gasteiger partial charge in [0.1, 0.15) is 0 Å². The first kappa shape index (κ1) is 25.1. The molecule has 0 unspecified atom stereocenters. The third-order valence-corrected chi connectivity index (χ3v) is 6.81. The zero-order valence-electron chi connectivity index (χ0n) is 18.8. The van der Waals surface area contributed by atoms with Crippen LogP contribution in [-0.2, 0) is 4.74 Å². The fourth-order valence-corrected chi connectivity index (χ4v) is 5.18. The van der Waals surface area contributed by atoms with E-state index in [1.807, 2.05) is 0 Å². The number of nitrogens with zero attached hydrogens (tertiary/aromatic N) is 3. The standard InChI is InChI=1S/C22H43N5O.HI/c1-3-12-26-13-8-20(9-14-26)25-21(23-4-2)24-19-22(10-6-5-7-11-22)27-15-17-28-18-16-27;/h20H,3-19H2,1-2H3,(H2,23,24,25);1H. The van der Waals surface area contributed by atoms with Crippen molar-refractivity contribution in [2.45, 2.75) is 76.8 Å². The lowest BCUT2D eigenvalue weighted by atomic mass is 9.80. The largest absolute Gasteiger partial charge is 0.379 e. The zero-order valence-corrected chi connectivity index (χ0v) is 21.1. The van der Waals surface area contributed by atoms with Crippen LogP contribution >= 0.6 is 24.0 Å². The van der Waals surface area contributed by atoms with Crippen LogP contribution < -0.4 is 10.6 Å². The second-order valence-corrected chi connectivity index (χ2v) is 8.84. The minimum atomic E-state index is 0. The third kappa shape index (κ3) is 7.51. The summed E-state index contributed by atoms with van der Waals surface area (Å²) in [7, 11) is 0. The Balaban J connectivity index is 0.00000300. The van der Waals surface area contributed by atoms with Crippen LogP contribution in [0.25, 0.3) is 0 Å². The molecular formula is C22H44IN5O. The van der Waals surface area contributed by atoms with Gasteiger partial charge in [-0.05, 0) is 45.6 Å². The van der Waals surface area contributed by atoms with E-state index in [1.165, 1.54) is 71.0 Å². The summed E-state index contributed by atoms with van der Waals surface area (Å²) >= 11 is 0. The smallest absolute Gasteiger partial charge is 0.191 e. The van der Waals surface area contributed by atoms with E-state index >= 15 is 0 Å². The molecule has 2 aliphatic heterocycles. The van der Waals surface area contributed by atoms with Crippen molar-refractivity contribution in [1.82, 2.24) is 20.4 Å². The van der Waals surface area contributed by atoms with E-state index in [1.54, 1.807) is 0 Å². The summed E-state index contributed by atoms with van der Waals surface area (Å²) in [5.74, 6) is 1.02. The van der Waals surface area contributed by atoms with Crippen molar-refractivity contribution in [3.05, 3.63) is 0 Å². The predicted octanol–water partition coefficient (Wildman–Crippen LogP) is 3.07. The van der Waals surface area contributed by atoms with Gasteiger partial charge in [-0.25, -0.2) is 0 Å². The van der Waals surface area contributed by atoms with Crippen molar-refractivity contribution in [2.24, 2.45) is 4.99 Å². The molecule has 2 N–H and O–H groups in total. The van der Waals surface area contributed by atoms with E-state index in [0.29, 0.717) is 6.04 Å². The van der Waals surface area contributed by atoms with Gasteiger partial charge in [-0.1, -0.05) is 26.2 Å². The highest BCUT2D eigenvalue weighted by Crippen LogP contribution is 2.34. The molecule has 1 aliphatic carbocycles. The number of likely N-dealkylation sites (tertiary alicyclic amines) is 1. The molecule has 0 bridgehead atoms. The van der Waals surface area contributed by atoms with Gasteiger partial charge >= 0.3 is 0 Å². The average Bonchev–Trinajstić information content (AvgIpc) is 2.75. The summed E-state index contributed by atoms with van der Waals surface area (Å²) < 4.78 is 5.62. The fourth-order valence-electron chi connectivity index (χ4n) is 5.18. The number of hydrogen-bond donors (Lipinski definition) is 2. The van der Waals surface area contributed by atoms with Gasteiger partial charge in [0.15, 0.2) is 5.96 Å². The molecule has 0 aromatic rings. The Kier molecular flexibility index (Phi) is 11.6. The molecule has 1 saturated carbocycles. The zero-order chi connectivity index (χ0) is 19.7. The number of piperidine rings is 1. The van der Waals surface area contributed by atoms with Gasteiger partial charge in [0.05, 0.1) is 19.8 Å². The van der Waals surface area contributed by atoms with E-state index in [2.05, 4.69) is 34.3 Å². The summed E-state index contributed by atoms with van der Waals surface area (Å²) in [4.78, 5) is 10.4. The van der Waals surface area contributed by atoms with Crippen molar-refractivity contribution >= 4 is 29.9 Å². The van der Waals surface area contributed by atoms with Crippen molar-refractivity contribution in [3.8, 4) is 0 Å². The fraction of sp³-hybridized carbons (Fsp3) is 0.955. The quantitative estimate of drug-likeness (QED) is 0.307. The molecular weight excluding hydrogens is 477 g/mol. The molecule has 0 atom stereocenters. The number of rotatable bonds is 7. The normalized spacial score (nSPS) is 24.7. The highest BCUT2D eigenvalue weighted by atomic mass is 127. The molecule has 170 valence electrons. The van der Waals surface area contributed by atoms with Gasteiger partial charge < -0.3 is 20.3 Å². The highest BCUT2D eigenvalue weighted by Gasteiger charge is 2.38. The van der Waals surface area contributed by atoms with Crippen LogP contribution in [0.3, 0.4) is 0 Å². The van der Waals surface area contributed by atoms with Crippen molar-refractivity contribution in [2.75, 3.05) is 59.0 Å². The summed E-state index contributed by atoms with van der Waals surface area (Å²) in [6.45, 7) is 13.8. The van der Waals surface area contributed by atoms with Gasteiger partial charge in [0.2, 0.25) is 0 Å². The van der Waals surface area contributed by atoms with Crippen molar-refractivity contribution < 1.29 is 4.74 Å². The molecule has 0 aromatic heterocycles. The van der Waals surface area contributed by atoms with E-state index in [-0.39, 0.29) is 29.5 Å². The van der Waals surface area contributed by atoms with Crippen molar-refractivity contribution in [3.63, 3.8) is 0 Å². The molecule has 29 heavy (non-hydrogen) atoms. The Morgan fingerprint density at radius 3 is 2.34 bits per heavy atom. The number of aliphatic imine (C=N–C) groups is 1. The number of guanidine groups is 1. The summed E-state index contributed by atoms with van der Waals surface area (Å²) in [6, 6.07) is 0.552. The summed E-state index contributed by atoms with van der Waals surface area (Å²) in [5, 5.41) is 7.26. The van der Waals surface area contributed by atoms with Gasteiger partial charge in [-0.3, -0.25) is 9.89 Å². The van der Waals surface area contributed by atoms with Crippen LogP contribution in [0.15, 0.2) is 4.99 Å². The van der Waals surface area contributed by atoms with Gasteiger partial charge in [-0.2, -0.15) is 0 Å². The number of ether oxygens (including phenoxy) is 1. The molecule has 2 heterocycles. The molecule has 3 aliphatic rings. The average molecular weight is 522 g/mol. The summed E-state index contributed by atoms with van der Waals surface area (Å²) in [6.07, 6.45) is 10.3. The highest BCUT2D eigenvalue weighted by molar-refractivity contribution is 14.0. The van der Waals surface area contributed by atoms with Gasteiger partial charge in [-0.15, -0.1) is 24.0 Å². The first-order chi connectivity index (χ1) is 13.8. The van der Waals surface area contributed by atoms with Crippen molar-refractivity contribution in [1.29, 1.82) is 0 Å². The molecule has 0 amide bonds. The molecule has 0 radical (unpaired) electrons. The second-order valence-electron chi connectivity index (χ2n) is 8.84. The lowest BCUT2D eigenvalue weighted by Crippen LogP contribution is -2.57. The second kappa shape index (κ2) is 13.3. The molecule has 0 aromatic carbocycles. The SMILES string of the molecule is CCCN1CCC(NC(=NCC2(N3CCOCC3)CCCCC2)NCC)CC1.I. The Bertz CT molecular complexity index is 470. The Hall–Kier alpha value is -0.120. The topological polar surface area (TPSA) is 52.1 Å². The molecule has 2 saturated heterocycles. The van der Waals surface area contributed by atoms with Gasteiger partial charge in [0, 0.05) is 44.3 Å². The van der Waals surface area contributed by atoms with E-state index in [0.717, 1.165) is 45.4 Å². The minimum absolute atomic E-state index is 0. The van der Waals surface area contributed by atoms with Crippen LogP contribution in [-0.4, -0.2) is 86.4 Å². The lowest BCUT2D eigenvalue weighted by Gasteiger charge is -2.47. The first-order valence-electron chi connectivity index (χ1n) is 11.9. The van der Waals surface area contributed by atoms with Gasteiger partial charge in [0.25, 0.3) is 0 Å². The molecule has 7 heteroatoms. The summed E-state index contributed by atoms with van der Waals surface area (Å²) in [5.41, 5.74) is 0.245. The molecule has 0 spiro atoms. The monoisotopic (exact) mass is 521 g/mol. The third-order valence-electron chi connectivity index (χ3n) is 6.81. The predicted molar refractivity (Wildman–Crippen MR) is 132 cm³/mol. The number of morpholine rings is 1. The van der Waals surface area contributed by atoms with E-state index in [4.69, 9.17) is 9.73 Å². The van der Waals surface area contributed by atoms with Crippen LogP contribution in [0, 0.1) is 0 Å². The van der Waals surface area contributed by atoms with Crippen LogP contribution in [0.1, 0.15) is 65.2 Å². The van der Waals surface area contributed by atoms with Crippen LogP contribution in [0.2, 0.25) is 0 Å². The van der Waals surface area contributed by atoms with Crippen LogP contribution in [0.4, 0.5) is 0 Å². The maximum Gasteiger partial charge on any atom is 0.191 e. The Labute approximate surface area is 195 Å². The lowest BCUT2D eigenvalue weighted by molar-refractivity contribution is -0.0333. The van der Waals surface area contributed by atoms with Crippen LogP contribution in [0.5, 0.6) is 0 Å². The number of halogens is 1. The maximum atomic E-state index is 5.62. The van der Waals surface area contributed by atoms with E-state index in [9.17, 15) is 0 Å². The minimum Gasteiger partial charge on any atom is -0.379 e. The Morgan fingerprint density at radius 2 is 1.72 bits per heavy atom. The molecule has 6 nitrogen and oxygen atoms in total. The Morgan fingerprint density at radius 1 is 1.03 bits per heavy atom. The molecule has 3 rings (SSSR count). The maximum absolute atomic E-state index is 5.62. The number of nitrogens with one attached hydrogen (secondary N) is 2.